The maximum absolute atomic E-state index is 10.6. The van der Waals surface area contributed by atoms with Crippen LogP contribution >= 0.6 is 11.3 Å². The highest BCUT2D eigenvalue weighted by Crippen LogP contribution is 2.26. The topological polar surface area (TPSA) is 58.4 Å². The first-order valence-corrected chi connectivity index (χ1v) is 6.68. The van der Waals surface area contributed by atoms with E-state index < -0.39 is 0 Å². The number of nitrogens with zero attached hydrogens (tertiary/aromatic N) is 2. The average Bonchev–Trinajstić information content (AvgIpc) is 2.85. The number of rotatable bonds is 5. The monoisotopic (exact) mass is 277 g/mol. The van der Waals surface area contributed by atoms with E-state index in [2.05, 4.69) is 5.32 Å². The van der Waals surface area contributed by atoms with Gasteiger partial charge in [0.2, 0.25) is 0 Å². The molecule has 100 valence electrons. The predicted octanol–water partition coefficient (Wildman–Crippen LogP) is 3.33. The molecule has 0 fully saturated rings. The summed E-state index contributed by atoms with van der Waals surface area (Å²) in [6, 6.07) is 9.58. The number of anilines is 2. The summed E-state index contributed by atoms with van der Waals surface area (Å²) in [6.45, 7) is 0.579. The quantitative estimate of drug-likeness (QED) is 0.672. The van der Waals surface area contributed by atoms with Crippen LogP contribution in [0.5, 0.6) is 0 Å². The fourth-order valence-electron chi connectivity index (χ4n) is 1.76. The summed E-state index contributed by atoms with van der Waals surface area (Å²) < 4.78 is 0. The van der Waals surface area contributed by atoms with E-state index in [0.717, 1.165) is 28.3 Å². The zero-order valence-electron chi connectivity index (χ0n) is 10.8. The van der Waals surface area contributed by atoms with Crippen molar-refractivity contribution < 1.29 is 4.92 Å². The van der Waals surface area contributed by atoms with Crippen LogP contribution in [0.25, 0.3) is 0 Å². The Morgan fingerprint density at radius 1 is 1.37 bits per heavy atom. The van der Waals surface area contributed by atoms with Crippen LogP contribution in [-0.2, 0) is 6.54 Å². The summed E-state index contributed by atoms with van der Waals surface area (Å²) in [7, 11) is 3.96. The van der Waals surface area contributed by atoms with Gasteiger partial charge in [0.05, 0.1) is 16.3 Å². The lowest BCUT2D eigenvalue weighted by Crippen LogP contribution is -2.11. The standard InChI is InChI=1S/C13H15N3O2S/c1-15(2)12-6-4-3-5-11(12)14-8-10-7-13(16(17)18)19-9-10/h3-7,9,14H,8H2,1-2H3. The van der Waals surface area contributed by atoms with Gasteiger partial charge in [0.25, 0.3) is 0 Å². The van der Waals surface area contributed by atoms with Crippen molar-refractivity contribution in [2.24, 2.45) is 0 Å². The van der Waals surface area contributed by atoms with E-state index >= 15 is 0 Å². The molecule has 0 aliphatic carbocycles. The molecule has 0 radical (unpaired) electrons. The number of hydrogen-bond donors (Lipinski definition) is 1. The van der Waals surface area contributed by atoms with E-state index in [9.17, 15) is 10.1 Å². The summed E-state index contributed by atoms with van der Waals surface area (Å²) in [4.78, 5) is 12.3. The molecule has 5 nitrogen and oxygen atoms in total. The summed E-state index contributed by atoms with van der Waals surface area (Å²) >= 11 is 1.15. The normalized spacial score (nSPS) is 10.2. The molecule has 6 heteroatoms. The third-order valence-corrected chi connectivity index (χ3v) is 3.62. The lowest BCUT2D eigenvalue weighted by atomic mass is 10.2. The Hall–Kier alpha value is -2.08. The van der Waals surface area contributed by atoms with Gasteiger partial charge in [0.1, 0.15) is 0 Å². The minimum Gasteiger partial charge on any atom is -0.379 e. The van der Waals surface area contributed by atoms with Crippen molar-refractivity contribution in [1.29, 1.82) is 0 Å². The molecule has 0 bridgehead atoms. The molecule has 0 aliphatic rings. The molecule has 1 aromatic heterocycles. The van der Waals surface area contributed by atoms with Crippen molar-refractivity contribution in [1.82, 2.24) is 0 Å². The Kier molecular flexibility index (Phi) is 4.01. The van der Waals surface area contributed by atoms with Gasteiger partial charge in [-0.3, -0.25) is 10.1 Å². The molecule has 0 spiro atoms. The van der Waals surface area contributed by atoms with Crippen LogP contribution in [0.4, 0.5) is 16.4 Å². The van der Waals surface area contributed by atoms with Gasteiger partial charge in [-0.05, 0) is 17.7 Å². The van der Waals surface area contributed by atoms with E-state index in [4.69, 9.17) is 0 Å². The lowest BCUT2D eigenvalue weighted by molar-refractivity contribution is -0.380. The van der Waals surface area contributed by atoms with Crippen molar-refractivity contribution in [3.8, 4) is 0 Å². The Balaban J connectivity index is 2.08. The molecule has 1 heterocycles. The van der Waals surface area contributed by atoms with Crippen molar-refractivity contribution in [2.75, 3.05) is 24.3 Å². The molecule has 0 atom stereocenters. The number of benzene rings is 1. The molecule has 2 aromatic rings. The van der Waals surface area contributed by atoms with E-state index in [1.54, 1.807) is 6.07 Å². The van der Waals surface area contributed by atoms with Crippen molar-refractivity contribution in [2.45, 2.75) is 6.54 Å². The van der Waals surface area contributed by atoms with Crippen LogP contribution in [0.15, 0.2) is 35.7 Å². The summed E-state index contributed by atoms with van der Waals surface area (Å²) in [5, 5.41) is 15.9. The molecule has 1 N–H and O–H groups in total. The van der Waals surface area contributed by atoms with Crippen LogP contribution in [0.1, 0.15) is 5.56 Å². The van der Waals surface area contributed by atoms with Gasteiger partial charge in [-0.25, -0.2) is 0 Å². The number of nitrogens with one attached hydrogen (secondary N) is 1. The summed E-state index contributed by atoms with van der Waals surface area (Å²) in [5.41, 5.74) is 3.03. The fourth-order valence-corrected chi connectivity index (χ4v) is 2.49. The van der Waals surface area contributed by atoms with Gasteiger partial charge in [-0.2, -0.15) is 0 Å². The van der Waals surface area contributed by atoms with E-state index in [1.165, 1.54) is 0 Å². The molecule has 0 unspecified atom stereocenters. The van der Waals surface area contributed by atoms with Crippen LogP contribution < -0.4 is 10.2 Å². The smallest absolute Gasteiger partial charge is 0.324 e. The molecule has 0 saturated heterocycles. The van der Waals surface area contributed by atoms with Gasteiger partial charge in [0.15, 0.2) is 0 Å². The highest BCUT2D eigenvalue weighted by atomic mass is 32.1. The summed E-state index contributed by atoms with van der Waals surface area (Å²) in [5.74, 6) is 0. The fraction of sp³-hybridized carbons (Fsp3) is 0.231. The van der Waals surface area contributed by atoms with Gasteiger partial charge in [0, 0.05) is 32.1 Å². The average molecular weight is 277 g/mol. The van der Waals surface area contributed by atoms with E-state index in [0.29, 0.717) is 6.54 Å². The maximum atomic E-state index is 10.6. The number of thiophene rings is 1. The SMILES string of the molecule is CN(C)c1ccccc1NCc1csc([N+](=O)[O-])c1. The first kappa shape index (κ1) is 13.4. The molecular weight excluding hydrogens is 262 g/mol. The number of para-hydroxylation sites is 2. The molecule has 0 amide bonds. The molecule has 0 saturated carbocycles. The minimum atomic E-state index is -0.359. The van der Waals surface area contributed by atoms with E-state index in [-0.39, 0.29) is 9.92 Å². The van der Waals surface area contributed by atoms with Crippen LogP contribution in [0, 0.1) is 10.1 Å². The maximum Gasteiger partial charge on any atom is 0.324 e. The van der Waals surface area contributed by atoms with Crippen LogP contribution in [-0.4, -0.2) is 19.0 Å². The minimum absolute atomic E-state index is 0.178. The third kappa shape index (κ3) is 3.23. The van der Waals surface area contributed by atoms with E-state index in [1.807, 2.05) is 48.6 Å². The summed E-state index contributed by atoms with van der Waals surface area (Å²) in [6.07, 6.45) is 0. The first-order chi connectivity index (χ1) is 9.08. The van der Waals surface area contributed by atoms with Gasteiger partial charge in [-0.1, -0.05) is 23.5 Å². The molecule has 0 aliphatic heterocycles. The Bertz CT molecular complexity index is 581. The van der Waals surface area contributed by atoms with Crippen LogP contribution in [0.2, 0.25) is 0 Å². The van der Waals surface area contributed by atoms with Gasteiger partial charge < -0.3 is 10.2 Å². The predicted molar refractivity (Wildman–Crippen MR) is 79.1 cm³/mol. The molecular formula is C13H15N3O2S. The Morgan fingerprint density at radius 3 is 2.74 bits per heavy atom. The first-order valence-electron chi connectivity index (χ1n) is 5.80. The zero-order chi connectivity index (χ0) is 13.8. The van der Waals surface area contributed by atoms with Crippen molar-refractivity contribution in [3.05, 3.63) is 51.4 Å². The Labute approximate surface area is 115 Å². The zero-order valence-corrected chi connectivity index (χ0v) is 11.6. The molecule has 1 aromatic carbocycles. The second-order valence-electron chi connectivity index (χ2n) is 4.32. The molecule has 2 rings (SSSR count). The van der Waals surface area contributed by atoms with Gasteiger partial charge >= 0.3 is 5.00 Å². The lowest BCUT2D eigenvalue weighted by Gasteiger charge is -2.18. The van der Waals surface area contributed by atoms with Crippen molar-refractivity contribution >= 4 is 27.7 Å². The third-order valence-electron chi connectivity index (χ3n) is 2.69. The highest BCUT2D eigenvalue weighted by molar-refractivity contribution is 7.13. The van der Waals surface area contributed by atoms with Crippen LogP contribution in [0.3, 0.4) is 0 Å². The Morgan fingerprint density at radius 2 is 2.11 bits per heavy atom. The van der Waals surface area contributed by atoms with Gasteiger partial charge in [-0.15, -0.1) is 0 Å². The second-order valence-corrected chi connectivity index (χ2v) is 5.21. The largest absolute Gasteiger partial charge is 0.379 e. The highest BCUT2D eigenvalue weighted by Gasteiger charge is 2.10. The number of nitro groups is 1. The second kappa shape index (κ2) is 5.71. The number of hydrogen-bond acceptors (Lipinski definition) is 5. The molecule has 19 heavy (non-hydrogen) atoms. The van der Waals surface area contributed by atoms with Crippen molar-refractivity contribution in [3.63, 3.8) is 0 Å².